The van der Waals surface area contributed by atoms with Gasteiger partial charge in [0.25, 0.3) is 5.91 Å². The van der Waals surface area contributed by atoms with Crippen molar-refractivity contribution >= 4 is 5.91 Å². The van der Waals surface area contributed by atoms with Crippen molar-refractivity contribution in [1.29, 1.82) is 0 Å². The summed E-state index contributed by atoms with van der Waals surface area (Å²) < 4.78 is 39.3. The van der Waals surface area contributed by atoms with Crippen LogP contribution in [0.1, 0.15) is 30.1 Å². The van der Waals surface area contributed by atoms with Crippen LogP contribution in [-0.2, 0) is 0 Å². The summed E-state index contributed by atoms with van der Waals surface area (Å²) in [6.45, 7) is 2.73. The van der Waals surface area contributed by atoms with Gasteiger partial charge in [0.2, 0.25) is 5.82 Å². The molecule has 0 saturated carbocycles. The average molecular weight is 290 g/mol. The lowest BCUT2D eigenvalue weighted by Gasteiger charge is -2.10. The number of phenolic OH excluding ortho intramolecular Hbond substituents is 1. The van der Waals surface area contributed by atoms with Gasteiger partial charge in [-0.15, -0.1) is 0 Å². The average Bonchev–Trinajstić information content (AvgIpc) is 2.44. The number of aromatic hydroxyl groups is 1. The Labute approximate surface area is 114 Å². The lowest BCUT2D eigenvalue weighted by atomic mass is 10.1. The molecular weight excluding hydrogens is 273 g/mol. The molecule has 1 amide bonds. The Morgan fingerprint density at radius 3 is 2.65 bits per heavy atom. The third kappa shape index (κ3) is 3.86. The maximum absolute atomic E-state index is 13.5. The van der Waals surface area contributed by atoms with Crippen LogP contribution in [0.5, 0.6) is 5.75 Å². The van der Waals surface area contributed by atoms with Crippen molar-refractivity contribution in [3.63, 3.8) is 0 Å². The normalized spacial score (nSPS) is 12.2. The maximum atomic E-state index is 13.5. The molecule has 0 spiro atoms. The van der Waals surface area contributed by atoms with Gasteiger partial charge in [0.05, 0.1) is 5.56 Å². The summed E-state index contributed by atoms with van der Waals surface area (Å²) in [4.78, 5) is 11.6. The van der Waals surface area contributed by atoms with Crippen LogP contribution in [0, 0.1) is 23.4 Å². The highest BCUT2D eigenvalue weighted by molar-refractivity contribution is 5.94. The molecule has 1 rings (SSSR count). The van der Waals surface area contributed by atoms with E-state index in [4.69, 9.17) is 10.8 Å². The maximum Gasteiger partial charge on any atom is 0.254 e. The van der Waals surface area contributed by atoms with Crippen molar-refractivity contribution in [3.05, 3.63) is 29.1 Å². The molecule has 0 radical (unpaired) electrons. The second-order valence-electron chi connectivity index (χ2n) is 4.62. The SMILES string of the molecule is CC(CN)CCCNC(=O)c1cc(F)c(F)c(O)c1F. The van der Waals surface area contributed by atoms with Crippen LogP contribution in [0.25, 0.3) is 0 Å². The number of nitrogens with one attached hydrogen (secondary N) is 1. The molecule has 4 N–H and O–H groups in total. The highest BCUT2D eigenvalue weighted by Gasteiger charge is 2.22. The molecule has 1 unspecified atom stereocenters. The summed E-state index contributed by atoms with van der Waals surface area (Å²) in [6, 6.07) is 0.419. The molecule has 0 fully saturated rings. The quantitative estimate of drug-likeness (QED) is 0.553. The van der Waals surface area contributed by atoms with Gasteiger partial charge < -0.3 is 16.2 Å². The Hall–Kier alpha value is -1.76. The number of benzene rings is 1. The van der Waals surface area contributed by atoms with E-state index >= 15 is 0 Å². The molecule has 1 aromatic rings. The van der Waals surface area contributed by atoms with E-state index in [1.54, 1.807) is 0 Å². The molecule has 0 heterocycles. The summed E-state index contributed by atoms with van der Waals surface area (Å²) in [5.41, 5.74) is 4.70. The number of carbonyl (C=O) groups is 1. The number of rotatable bonds is 6. The molecular formula is C13H17F3N2O2. The largest absolute Gasteiger partial charge is 0.503 e. The minimum absolute atomic E-state index is 0.252. The molecule has 0 aliphatic rings. The second-order valence-corrected chi connectivity index (χ2v) is 4.62. The topological polar surface area (TPSA) is 75.3 Å². The van der Waals surface area contributed by atoms with Crippen molar-refractivity contribution in [2.75, 3.05) is 13.1 Å². The molecule has 20 heavy (non-hydrogen) atoms. The van der Waals surface area contributed by atoms with E-state index in [2.05, 4.69) is 5.32 Å². The van der Waals surface area contributed by atoms with Gasteiger partial charge in [0.1, 0.15) is 0 Å². The van der Waals surface area contributed by atoms with E-state index in [0.29, 0.717) is 24.9 Å². The van der Waals surface area contributed by atoms with Crippen LogP contribution in [0.3, 0.4) is 0 Å². The highest BCUT2D eigenvalue weighted by Crippen LogP contribution is 2.25. The first-order valence-electron chi connectivity index (χ1n) is 6.23. The molecule has 0 aliphatic carbocycles. The van der Waals surface area contributed by atoms with Crippen LogP contribution in [-0.4, -0.2) is 24.1 Å². The van der Waals surface area contributed by atoms with Crippen LogP contribution < -0.4 is 11.1 Å². The van der Waals surface area contributed by atoms with Gasteiger partial charge in [-0.1, -0.05) is 6.92 Å². The van der Waals surface area contributed by atoms with Gasteiger partial charge in [-0.2, -0.15) is 4.39 Å². The Kier molecular flexibility index (Phi) is 5.82. The summed E-state index contributed by atoms with van der Waals surface area (Å²) in [6.07, 6.45) is 1.41. The van der Waals surface area contributed by atoms with Crippen molar-refractivity contribution in [1.82, 2.24) is 5.32 Å². The van der Waals surface area contributed by atoms with Gasteiger partial charge in [-0.05, 0) is 31.4 Å². The fraction of sp³-hybridized carbons (Fsp3) is 0.462. The van der Waals surface area contributed by atoms with E-state index in [1.807, 2.05) is 6.92 Å². The van der Waals surface area contributed by atoms with Gasteiger partial charge in [-0.25, -0.2) is 8.78 Å². The van der Waals surface area contributed by atoms with Crippen molar-refractivity contribution in [3.8, 4) is 5.75 Å². The molecule has 0 bridgehead atoms. The van der Waals surface area contributed by atoms with Gasteiger partial charge in [-0.3, -0.25) is 4.79 Å². The standard InChI is InChI=1S/C13H17F3N2O2/c1-7(6-17)3-2-4-18-13(20)8-5-9(14)11(16)12(19)10(8)15/h5,7,19H,2-4,6,17H2,1H3,(H,18,20). The number of nitrogens with two attached hydrogens (primary N) is 1. The van der Waals surface area contributed by atoms with Gasteiger partial charge in [0.15, 0.2) is 17.4 Å². The zero-order valence-corrected chi connectivity index (χ0v) is 11.0. The Bertz CT molecular complexity index is 495. The zero-order chi connectivity index (χ0) is 15.3. The first kappa shape index (κ1) is 16.3. The Balaban J connectivity index is 2.65. The van der Waals surface area contributed by atoms with Gasteiger partial charge >= 0.3 is 0 Å². The summed E-state index contributed by atoms with van der Waals surface area (Å²) >= 11 is 0. The molecule has 1 aromatic carbocycles. The molecule has 1 atom stereocenters. The lowest BCUT2D eigenvalue weighted by molar-refractivity contribution is 0.0946. The number of carbonyl (C=O) groups excluding carboxylic acids is 1. The van der Waals surface area contributed by atoms with E-state index < -0.39 is 34.7 Å². The van der Waals surface area contributed by atoms with E-state index in [1.165, 1.54) is 0 Å². The minimum atomic E-state index is -1.71. The van der Waals surface area contributed by atoms with E-state index in [-0.39, 0.29) is 6.54 Å². The molecule has 0 aliphatic heterocycles. The van der Waals surface area contributed by atoms with Gasteiger partial charge in [0, 0.05) is 6.54 Å². The van der Waals surface area contributed by atoms with Crippen molar-refractivity contribution in [2.24, 2.45) is 11.7 Å². The second kappa shape index (κ2) is 7.14. The third-order valence-electron chi connectivity index (χ3n) is 2.94. The minimum Gasteiger partial charge on any atom is -0.503 e. The van der Waals surface area contributed by atoms with Crippen molar-refractivity contribution < 1.29 is 23.1 Å². The van der Waals surface area contributed by atoms with Crippen LogP contribution >= 0.6 is 0 Å². The molecule has 0 aromatic heterocycles. The molecule has 0 saturated heterocycles. The molecule has 112 valence electrons. The third-order valence-corrected chi connectivity index (χ3v) is 2.94. The summed E-state index contributed by atoms with van der Waals surface area (Å²) in [5, 5.41) is 11.4. The van der Waals surface area contributed by atoms with Crippen molar-refractivity contribution in [2.45, 2.75) is 19.8 Å². The van der Waals surface area contributed by atoms with Crippen LogP contribution in [0.15, 0.2) is 6.07 Å². The predicted octanol–water partition coefficient (Wildman–Crippen LogP) is 1.91. The fourth-order valence-corrected chi connectivity index (χ4v) is 1.62. The summed E-state index contributed by atoms with van der Waals surface area (Å²) in [5.74, 6) is -6.77. The van der Waals surface area contributed by atoms with E-state index in [0.717, 1.165) is 6.42 Å². The zero-order valence-electron chi connectivity index (χ0n) is 11.0. The molecule has 4 nitrogen and oxygen atoms in total. The number of phenols is 1. The lowest BCUT2D eigenvalue weighted by Crippen LogP contribution is -2.26. The first-order valence-corrected chi connectivity index (χ1v) is 6.23. The fourth-order valence-electron chi connectivity index (χ4n) is 1.62. The number of hydrogen-bond donors (Lipinski definition) is 3. The van der Waals surface area contributed by atoms with Crippen LogP contribution in [0.4, 0.5) is 13.2 Å². The van der Waals surface area contributed by atoms with Crippen LogP contribution in [0.2, 0.25) is 0 Å². The molecule has 7 heteroatoms. The predicted molar refractivity (Wildman–Crippen MR) is 67.8 cm³/mol. The first-order chi connectivity index (χ1) is 9.38. The van der Waals surface area contributed by atoms with E-state index in [9.17, 15) is 18.0 Å². The monoisotopic (exact) mass is 290 g/mol. The number of hydrogen-bond acceptors (Lipinski definition) is 3. The summed E-state index contributed by atoms with van der Waals surface area (Å²) in [7, 11) is 0. The number of amides is 1. The Morgan fingerprint density at radius 1 is 1.40 bits per heavy atom. The smallest absolute Gasteiger partial charge is 0.254 e. The highest BCUT2D eigenvalue weighted by atomic mass is 19.2. The number of halogens is 3. The Morgan fingerprint density at radius 2 is 2.05 bits per heavy atom.